The van der Waals surface area contributed by atoms with Crippen LogP contribution in [0.25, 0.3) is 0 Å². The lowest BCUT2D eigenvalue weighted by atomic mass is 10.1. The van der Waals surface area contributed by atoms with Crippen molar-refractivity contribution >= 4 is 0 Å². The van der Waals surface area contributed by atoms with Crippen molar-refractivity contribution in [2.45, 2.75) is 46.2 Å². The molecule has 4 heteroatoms. The first-order chi connectivity index (χ1) is 7.23. The predicted molar refractivity (Wildman–Crippen MR) is 59.4 cm³/mol. The van der Waals surface area contributed by atoms with Gasteiger partial charge in [0.15, 0.2) is 0 Å². The van der Waals surface area contributed by atoms with Crippen molar-refractivity contribution < 1.29 is 0 Å². The number of hydrogen-bond acceptors (Lipinski definition) is 3. The van der Waals surface area contributed by atoms with Crippen molar-refractivity contribution in [3.63, 3.8) is 0 Å². The highest BCUT2D eigenvalue weighted by Crippen LogP contribution is 2.44. The van der Waals surface area contributed by atoms with Gasteiger partial charge in [0.25, 0.3) is 0 Å². The summed E-state index contributed by atoms with van der Waals surface area (Å²) in [7, 11) is 0. The molecule has 0 unspecified atom stereocenters. The molecule has 0 bridgehead atoms. The van der Waals surface area contributed by atoms with Crippen LogP contribution in [0, 0.1) is 5.41 Å². The zero-order chi connectivity index (χ0) is 10.7. The summed E-state index contributed by atoms with van der Waals surface area (Å²) < 4.78 is 1.99. The van der Waals surface area contributed by atoms with Gasteiger partial charge in [-0.2, -0.15) is 5.10 Å². The SMILES string of the molecule is CCCn1ncnc1CNCC1(C)CC1. The summed E-state index contributed by atoms with van der Waals surface area (Å²) in [6.07, 6.45) is 5.48. The van der Waals surface area contributed by atoms with Crippen molar-refractivity contribution in [1.29, 1.82) is 0 Å². The van der Waals surface area contributed by atoms with Gasteiger partial charge in [0.2, 0.25) is 0 Å². The van der Waals surface area contributed by atoms with Crippen LogP contribution < -0.4 is 5.32 Å². The number of aromatic nitrogens is 3. The third-order valence-corrected chi connectivity index (χ3v) is 3.07. The Morgan fingerprint density at radius 3 is 3.00 bits per heavy atom. The second-order valence-electron chi connectivity index (χ2n) is 4.81. The van der Waals surface area contributed by atoms with E-state index in [1.807, 2.05) is 4.68 Å². The molecule has 1 saturated carbocycles. The standard InChI is InChI=1S/C11H20N4/c1-3-6-15-10(13-9-14-15)7-12-8-11(2)4-5-11/h9,12H,3-8H2,1-2H3. The quantitative estimate of drug-likeness (QED) is 0.771. The molecule has 4 nitrogen and oxygen atoms in total. The van der Waals surface area contributed by atoms with E-state index in [9.17, 15) is 0 Å². The number of nitrogens with zero attached hydrogens (tertiary/aromatic N) is 3. The lowest BCUT2D eigenvalue weighted by Crippen LogP contribution is -2.23. The van der Waals surface area contributed by atoms with Crippen molar-refractivity contribution in [1.82, 2.24) is 20.1 Å². The fraction of sp³-hybridized carbons (Fsp3) is 0.818. The zero-order valence-electron chi connectivity index (χ0n) is 9.66. The molecular formula is C11H20N4. The van der Waals surface area contributed by atoms with Crippen LogP contribution in [0.5, 0.6) is 0 Å². The molecule has 2 rings (SSSR count). The maximum Gasteiger partial charge on any atom is 0.140 e. The molecule has 0 atom stereocenters. The third kappa shape index (κ3) is 2.78. The normalized spacial score (nSPS) is 18.0. The Labute approximate surface area is 91.1 Å². The minimum Gasteiger partial charge on any atom is -0.309 e. The van der Waals surface area contributed by atoms with Gasteiger partial charge in [0.1, 0.15) is 12.2 Å². The summed E-state index contributed by atoms with van der Waals surface area (Å²) in [5.74, 6) is 1.06. The summed E-state index contributed by atoms with van der Waals surface area (Å²) >= 11 is 0. The molecule has 1 aromatic rings. The van der Waals surface area contributed by atoms with Crippen molar-refractivity contribution in [3.8, 4) is 0 Å². The molecule has 1 aromatic heterocycles. The summed E-state index contributed by atoms with van der Waals surface area (Å²) in [6.45, 7) is 7.40. The van der Waals surface area contributed by atoms with E-state index in [0.717, 1.165) is 31.9 Å². The molecule has 0 saturated heterocycles. The van der Waals surface area contributed by atoms with Crippen molar-refractivity contribution in [3.05, 3.63) is 12.2 Å². The molecule has 15 heavy (non-hydrogen) atoms. The number of hydrogen-bond donors (Lipinski definition) is 1. The lowest BCUT2D eigenvalue weighted by molar-refractivity contribution is 0.476. The highest BCUT2D eigenvalue weighted by Gasteiger charge is 2.36. The van der Waals surface area contributed by atoms with Gasteiger partial charge in [0.05, 0.1) is 6.54 Å². The Balaban J connectivity index is 1.79. The van der Waals surface area contributed by atoms with Crippen LogP contribution in [0.15, 0.2) is 6.33 Å². The minimum atomic E-state index is 0.565. The second-order valence-corrected chi connectivity index (χ2v) is 4.81. The van der Waals surface area contributed by atoms with Crippen LogP contribution in [0.1, 0.15) is 38.9 Å². The van der Waals surface area contributed by atoms with E-state index in [-0.39, 0.29) is 0 Å². The molecule has 0 spiro atoms. The van der Waals surface area contributed by atoms with Gasteiger partial charge < -0.3 is 5.32 Å². The first kappa shape index (κ1) is 10.6. The smallest absolute Gasteiger partial charge is 0.140 e. The predicted octanol–water partition coefficient (Wildman–Crippen LogP) is 1.58. The molecule has 1 aliphatic carbocycles. The van der Waals surface area contributed by atoms with Gasteiger partial charge in [-0.15, -0.1) is 0 Å². The highest BCUT2D eigenvalue weighted by molar-refractivity contribution is 4.92. The van der Waals surface area contributed by atoms with Crippen LogP contribution in [-0.2, 0) is 13.1 Å². The Hall–Kier alpha value is -0.900. The Morgan fingerprint density at radius 1 is 1.53 bits per heavy atom. The average Bonchev–Trinajstić information content (AvgIpc) is 2.76. The van der Waals surface area contributed by atoms with E-state index in [2.05, 4.69) is 29.2 Å². The van der Waals surface area contributed by atoms with E-state index in [1.54, 1.807) is 6.33 Å². The lowest BCUT2D eigenvalue weighted by Gasteiger charge is -2.10. The maximum atomic E-state index is 4.26. The zero-order valence-corrected chi connectivity index (χ0v) is 9.66. The Morgan fingerprint density at radius 2 is 2.33 bits per heavy atom. The fourth-order valence-electron chi connectivity index (χ4n) is 1.69. The molecule has 84 valence electrons. The largest absolute Gasteiger partial charge is 0.309 e. The van der Waals surface area contributed by atoms with Crippen molar-refractivity contribution in [2.24, 2.45) is 5.41 Å². The third-order valence-electron chi connectivity index (χ3n) is 3.07. The van der Waals surface area contributed by atoms with E-state index in [1.165, 1.54) is 12.8 Å². The molecule has 0 aliphatic heterocycles. The van der Waals surface area contributed by atoms with Gasteiger partial charge in [0, 0.05) is 13.1 Å². The molecule has 1 N–H and O–H groups in total. The highest BCUT2D eigenvalue weighted by atomic mass is 15.3. The van der Waals surface area contributed by atoms with E-state index < -0.39 is 0 Å². The number of rotatable bonds is 6. The van der Waals surface area contributed by atoms with Crippen molar-refractivity contribution in [2.75, 3.05) is 6.54 Å². The van der Waals surface area contributed by atoms with Gasteiger partial charge >= 0.3 is 0 Å². The summed E-state index contributed by atoms with van der Waals surface area (Å²) in [6, 6.07) is 0. The van der Waals surface area contributed by atoms with Crippen LogP contribution in [0.3, 0.4) is 0 Å². The van der Waals surface area contributed by atoms with Crippen LogP contribution >= 0.6 is 0 Å². The van der Waals surface area contributed by atoms with Gasteiger partial charge in [-0.1, -0.05) is 13.8 Å². The summed E-state index contributed by atoms with van der Waals surface area (Å²) in [5, 5.41) is 7.67. The first-order valence-electron chi connectivity index (χ1n) is 5.81. The molecular weight excluding hydrogens is 188 g/mol. The summed E-state index contributed by atoms with van der Waals surface area (Å²) in [4.78, 5) is 4.26. The van der Waals surface area contributed by atoms with Crippen LogP contribution in [0.4, 0.5) is 0 Å². The molecule has 1 heterocycles. The minimum absolute atomic E-state index is 0.565. The van der Waals surface area contributed by atoms with E-state index >= 15 is 0 Å². The molecule has 0 radical (unpaired) electrons. The van der Waals surface area contributed by atoms with Gasteiger partial charge in [-0.3, -0.25) is 0 Å². The van der Waals surface area contributed by atoms with Gasteiger partial charge in [-0.25, -0.2) is 9.67 Å². The number of aryl methyl sites for hydroxylation is 1. The van der Waals surface area contributed by atoms with Gasteiger partial charge in [-0.05, 0) is 24.7 Å². The first-order valence-corrected chi connectivity index (χ1v) is 5.81. The number of nitrogens with one attached hydrogen (secondary N) is 1. The average molecular weight is 208 g/mol. The molecule has 1 aliphatic rings. The molecule has 0 amide bonds. The fourth-order valence-corrected chi connectivity index (χ4v) is 1.69. The van der Waals surface area contributed by atoms with E-state index in [0.29, 0.717) is 5.41 Å². The Kier molecular flexibility index (Phi) is 3.05. The molecule has 0 aromatic carbocycles. The van der Waals surface area contributed by atoms with Crippen LogP contribution in [-0.4, -0.2) is 21.3 Å². The van der Waals surface area contributed by atoms with E-state index in [4.69, 9.17) is 0 Å². The maximum absolute atomic E-state index is 4.26. The molecule has 1 fully saturated rings. The second kappa shape index (κ2) is 4.31. The monoisotopic (exact) mass is 208 g/mol. The Bertz CT molecular complexity index is 314. The summed E-state index contributed by atoms with van der Waals surface area (Å²) in [5.41, 5.74) is 0.565. The van der Waals surface area contributed by atoms with Crippen LogP contribution in [0.2, 0.25) is 0 Å². The topological polar surface area (TPSA) is 42.7 Å².